The van der Waals surface area contributed by atoms with Crippen molar-refractivity contribution in [3.05, 3.63) is 29.8 Å². The van der Waals surface area contributed by atoms with Crippen molar-refractivity contribution in [2.45, 2.75) is 53.1 Å². The number of rotatable bonds is 5. The number of carbonyl (C=O) groups excluding carboxylic acids is 1. The molecule has 0 saturated heterocycles. The van der Waals surface area contributed by atoms with Crippen LogP contribution in [0.2, 0.25) is 0 Å². The Morgan fingerprint density at radius 1 is 1.29 bits per heavy atom. The zero-order valence-corrected chi connectivity index (χ0v) is 15.6. The first-order valence-corrected chi connectivity index (χ1v) is 9.01. The molecule has 4 nitrogen and oxygen atoms in total. The number of hydrogen-bond donors (Lipinski definition) is 1. The van der Waals surface area contributed by atoms with Gasteiger partial charge in [-0.25, -0.2) is 4.79 Å². The Hall–Kier alpha value is -1.55. The van der Waals surface area contributed by atoms with Crippen LogP contribution in [0.3, 0.4) is 0 Å². The van der Waals surface area contributed by atoms with Gasteiger partial charge in [-0.05, 0) is 49.7 Å². The van der Waals surface area contributed by atoms with E-state index in [1.165, 1.54) is 6.42 Å². The minimum Gasteiger partial charge on any atom is -0.457 e. The van der Waals surface area contributed by atoms with Crippen LogP contribution in [-0.4, -0.2) is 17.2 Å². The predicted molar refractivity (Wildman–Crippen MR) is 99.3 cm³/mol. The second kappa shape index (κ2) is 8.52. The van der Waals surface area contributed by atoms with Crippen molar-refractivity contribution in [3.8, 4) is 0 Å². The molecule has 132 valence electrons. The Kier molecular flexibility index (Phi) is 6.67. The standard InChI is InChI=1S/C19H27ClN2O2/c1-12(2)16-10-7-14(4)11-17(16)24-19(23)18(20)22-21-15-8-5-13(3)6-9-15/h5-6,8-9,12,14,16-17,21H,7,10-11H2,1-4H3/b22-18+/t14-,16+,17-/m1/s1. The molecule has 0 aliphatic heterocycles. The zero-order valence-electron chi connectivity index (χ0n) is 14.9. The van der Waals surface area contributed by atoms with Crippen LogP contribution in [0.15, 0.2) is 29.4 Å². The maximum atomic E-state index is 12.2. The summed E-state index contributed by atoms with van der Waals surface area (Å²) in [5.74, 6) is 0.886. The summed E-state index contributed by atoms with van der Waals surface area (Å²) in [5.41, 5.74) is 4.72. The molecule has 2 rings (SSSR count). The third-order valence-electron chi connectivity index (χ3n) is 4.72. The Morgan fingerprint density at radius 2 is 1.96 bits per heavy atom. The molecule has 1 aliphatic carbocycles. The average Bonchev–Trinajstić information content (AvgIpc) is 2.53. The summed E-state index contributed by atoms with van der Waals surface area (Å²) in [6.45, 7) is 8.56. The molecule has 1 aromatic rings. The van der Waals surface area contributed by atoms with Crippen LogP contribution in [0.4, 0.5) is 5.69 Å². The number of nitrogens with one attached hydrogen (secondary N) is 1. The second-order valence-corrected chi connectivity index (χ2v) is 7.51. The molecular weight excluding hydrogens is 324 g/mol. The second-order valence-electron chi connectivity index (χ2n) is 7.15. The number of hydrogen-bond acceptors (Lipinski definition) is 4. The normalized spacial score (nSPS) is 24.8. The zero-order chi connectivity index (χ0) is 17.7. The lowest BCUT2D eigenvalue weighted by Gasteiger charge is -2.36. The molecule has 1 aromatic carbocycles. The molecular formula is C19H27ClN2O2. The number of benzene rings is 1. The number of anilines is 1. The van der Waals surface area contributed by atoms with Crippen LogP contribution in [0.1, 0.15) is 45.6 Å². The molecule has 0 radical (unpaired) electrons. The van der Waals surface area contributed by atoms with Crippen LogP contribution < -0.4 is 5.43 Å². The average molecular weight is 351 g/mol. The van der Waals surface area contributed by atoms with E-state index in [2.05, 4.69) is 31.3 Å². The summed E-state index contributed by atoms with van der Waals surface area (Å²) in [4.78, 5) is 12.2. The molecule has 1 saturated carbocycles. The lowest BCUT2D eigenvalue weighted by Crippen LogP contribution is -2.37. The lowest BCUT2D eigenvalue weighted by molar-refractivity contribution is -0.147. The van der Waals surface area contributed by atoms with Crippen molar-refractivity contribution in [2.24, 2.45) is 22.9 Å². The third kappa shape index (κ3) is 5.23. The van der Waals surface area contributed by atoms with Gasteiger partial charge in [0.2, 0.25) is 5.17 Å². The van der Waals surface area contributed by atoms with Gasteiger partial charge in [0.25, 0.3) is 0 Å². The molecule has 0 spiro atoms. The topological polar surface area (TPSA) is 50.7 Å². The first kappa shape index (κ1) is 18.8. The fraction of sp³-hybridized carbons (Fsp3) is 0.579. The molecule has 0 unspecified atom stereocenters. The fourth-order valence-electron chi connectivity index (χ4n) is 3.22. The monoisotopic (exact) mass is 350 g/mol. The van der Waals surface area contributed by atoms with Crippen molar-refractivity contribution in [3.63, 3.8) is 0 Å². The summed E-state index contributed by atoms with van der Waals surface area (Å²) in [6.07, 6.45) is 3.09. The predicted octanol–water partition coefficient (Wildman–Crippen LogP) is 4.96. The highest BCUT2D eigenvalue weighted by atomic mass is 35.5. The molecule has 3 atom stereocenters. The van der Waals surface area contributed by atoms with Crippen molar-refractivity contribution < 1.29 is 9.53 Å². The molecule has 0 amide bonds. The Morgan fingerprint density at radius 3 is 2.58 bits per heavy atom. The van der Waals surface area contributed by atoms with E-state index in [1.54, 1.807) is 0 Å². The van der Waals surface area contributed by atoms with Crippen molar-refractivity contribution in [2.75, 3.05) is 5.43 Å². The Bertz CT molecular complexity index is 584. The summed E-state index contributed by atoms with van der Waals surface area (Å²) >= 11 is 6.01. The number of ether oxygens (including phenoxy) is 1. The number of halogens is 1. The molecule has 1 N–H and O–H groups in total. The molecule has 24 heavy (non-hydrogen) atoms. The maximum Gasteiger partial charge on any atom is 0.370 e. The van der Waals surface area contributed by atoms with Crippen LogP contribution in [0, 0.1) is 24.7 Å². The maximum absolute atomic E-state index is 12.2. The van der Waals surface area contributed by atoms with Crippen LogP contribution in [-0.2, 0) is 9.53 Å². The summed E-state index contributed by atoms with van der Waals surface area (Å²) in [6, 6.07) is 7.68. The number of hydrazone groups is 1. The number of aryl methyl sites for hydroxylation is 1. The van der Waals surface area contributed by atoms with Gasteiger partial charge in [-0.15, -0.1) is 0 Å². The van der Waals surface area contributed by atoms with Gasteiger partial charge >= 0.3 is 5.97 Å². The van der Waals surface area contributed by atoms with E-state index in [9.17, 15) is 4.79 Å². The molecule has 1 aliphatic rings. The largest absolute Gasteiger partial charge is 0.457 e. The fourth-order valence-corrected chi connectivity index (χ4v) is 3.31. The molecule has 0 aromatic heterocycles. The number of nitrogens with zero attached hydrogens (tertiary/aromatic N) is 1. The number of carbonyl (C=O) groups is 1. The van der Waals surface area contributed by atoms with Gasteiger partial charge in [-0.3, -0.25) is 5.43 Å². The van der Waals surface area contributed by atoms with E-state index in [1.807, 2.05) is 31.2 Å². The van der Waals surface area contributed by atoms with Gasteiger partial charge in [0.15, 0.2) is 0 Å². The first-order chi connectivity index (χ1) is 11.4. The third-order valence-corrected chi connectivity index (χ3v) is 4.96. The van der Waals surface area contributed by atoms with Gasteiger partial charge in [0.05, 0.1) is 5.69 Å². The molecule has 0 heterocycles. The summed E-state index contributed by atoms with van der Waals surface area (Å²) in [5, 5.41) is 3.77. The van der Waals surface area contributed by atoms with Crippen molar-refractivity contribution >= 4 is 28.4 Å². The highest BCUT2D eigenvalue weighted by Gasteiger charge is 2.34. The number of esters is 1. The Balaban J connectivity index is 1.96. The smallest absolute Gasteiger partial charge is 0.370 e. The molecule has 0 bridgehead atoms. The van der Waals surface area contributed by atoms with Gasteiger partial charge in [-0.1, -0.05) is 56.5 Å². The highest BCUT2D eigenvalue weighted by Crippen LogP contribution is 2.35. The minimum absolute atomic E-state index is 0.0791. The minimum atomic E-state index is -0.555. The van der Waals surface area contributed by atoms with Crippen molar-refractivity contribution in [1.82, 2.24) is 0 Å². The van der Waals surface area contributed by atoms with E-state index in [0.29, 0.717) is 17.8 Å². The van der Waals surface area contributed by atoms with E-state index in [0.717, 1.165) is 24.1 Å². The lowest BCUT2D eigenvalue weighted by atomic mass is 9.75. The van der Waals surface area contributed by atoms with Crippen LogP contribution >= 0.6 is 11.6 Å². The molecule has 1 fully saturated rings. The summed E-state index contributed by atoms with van der Waals surface area (Å²) in [7, 11) is 0. The van der Waals surface area contributed by atoms with Gasteiger partial charge < -0.3 is 4.74 Å². The van der Waals surface area contributed by atoms with Crippen LogP contribution in [0.5, 0.6) is 0 Å². The van der Waals surface area contributed by atoms with Crippen molar-refractivity contribution in [1.29, 1.82) is 0 Å². The van der Waals surface area contributed by atoms with Gasteiger partial charge in [0, 0.05) is 0 Å². The van der Waals surface area contributed by atoms with Gasteiger partial charge in [0.1, 0.15) is 6.10 Å². The van der Waals surface area contributed by atoms with E-state index >= 15 is 0 Å². The summed E-state index contributed by atoms with van der Waals surface area (Å²) < 4.78 is 5.66. The highest BCUT2D eigenvalue weighted by molar-refractivity contribution is 6.82. The van der Waals surface area contributed by atoms with Gasteiger partial charge in [-0.2, -0.15) is 5.10 Å². The Labute approximate surface area is 149 Å². The van der Waals surface area contributed by atoms with E-state index in [4.69, 9.17) is 16.3 Å². The molecule has 5 heteroatoms. The van der Waals surface area contributed by atoms with E-state index < -0.39 is 5.97 Å². The van der Waals surface area contributed by atoms with Crippen LogP contribution in [0.25, 0.3) is 0 Å². The first-order valence-electron chi connectivity index (χ1n) is 8.63. The van der Waals surface area contributed by atoms with E-state index in [-0.39, 0.29) is 11.3 Å². The quantitative estimate of drug-likeness (QED) is 0.463. The SMILES string of the molecule is Cc1ccc(N/N=C(/Cl)C(=O)O[C@@H]2C[C@H](C)CC[C@H]2C(C)C)cc1.